The summed E-state index contributed by atoms with van der Waals surface area (Å²) in [6.45, 7) is 4.36. The van der Waals surface area contributed by atoms with E-state index in [2.05, 4.69) is 5.32 Å². The smallest absolute Gasteiger partial charge is 0.242 e. The van der Waals surface area contributed by atoms with Crippen LogP contribution in [0.5, 0.6) is 0 Å². The highest BCUT2D eigenvalue weighted by Gasteiger charge is 2.38. The Morgan fingerprint density at radius 2 is 2.33 bits per heavy atom. The van der Waals surface area contributed by atoms with Gasteiger partial charge in [0, 0.05) is 12.6 Å². The minimum absolute atomic E-state index is 0.0708. The molecule has 5 nitrogen and oxygen atoms in total. The minimum atomic E-state index is -0.882. The molecule has 15 heavy (non-hydrogen) atoms. The van der Waals surface area contributed by atoms with Gasteiger partial charge in [-0.1, -0.05) is 0 Å². The lowest BCUT2D eigenvalue weighted by Crippen LogP contribution is -2.56. The molecule has 1 aliphatic rings. The van der Waals surface area contributed by atoms with Crippen molar-refractivity contribution in [2.75, 3.05) is 13.2 Å². The number of hydrogen-bond donors (Lipinski definition) is 3. The molecule has 0 aromatic carbocycles. The van der Waals surface area contributed by atoms with Crippen molar-refractivity contribution in [1.82, 2.24) is 5.32 Å². The molecule has 0 radical (unpaired) electrons. The first-order valence-corrected chi connectivity index (χ1v) is 5.30. The van der Waals surface area contributed by atoms with E-state index in [4.69, 9.17) is 15.6 Å². The van der Waals surface area contributed by atoms with Gasteiger partial charge in [-0.05, 0) is 26.7 Å². The van der Waals surface area contributed by atoms with Crippen molar-refractivity contribution in [3.05, 3.63) is 0 Å². The molecule has 1 amide bonds. The lowest BCUT2D eigenvalue weighted by Gasteiger charge is -2.24. The normalized spacial score (nSPS) is 29.9. The zero-order chi connectivity index (χ0) is 11.5. The van der Waals surface area contributed by atoms with Crippen LogP contribution in [-0.2, 0) is 9.53 Å². The summed E-state index contributed by atoms with van der Waals surface area (Å²) in [5.74, 6) is -0.187. The Hall–Kier alpha value is -0.650. The molecule has 5 heteroatoms. The van der Waals surface area contributed by atoms with Gasteiger partial charge < -0.3 is 20.9 Å². The van der Waals surface area contributed by atoms with Gasteiger partial charge in [0.2, 0.25) is 5.91 Å². The Balaban J connectivity index is 2.40. The maximum absolute atomic E-state index is 11.8. The van der Waals surface area contributed by atoms with Gasteiger partial charge in [0.1, 0.15) is 5.54 Å². The molecule has 0 bridgehead atoms. The van der Waals surface area contributed by atoms with Crippen LogP contribution in [0.25, 0.3) is 0 Å². The average molecular weight is 216 g/mol. The molecule has 1 rings (SSSR count). The van der Waals surface area contributed by atoms with Gasteiger partial charge in [-0.15, -0.1) is 0 Å². The first-order chi connectivity index (χ1) is 6.94. The quantitative estimate of drug-likeness (QED) is 0.584. The standard InChI is InChI=1S/C10H20N2O3/c1-7(5-8(2)13)12-9(14)10(11)3-4-15-6-10/h7-8,13H,3-6,11H2,1-2H3,(H,12,14). The zero-order valence-corrected chi connectivity index (χ0v) is 9.32. The summed E-state index contributed by atoms with van der Waals surface area (Å²) in [7, 11) is 0. The van der Waals surface area contributed by atoms with Crippen molar-refractivity contribution >= 4 is 5.91 Å². The van der Waals surface area contributed by atoms with E-state index in [1.807, 2.05) is 6.92 Å². The van der Waals surface area contributed by atoms with Crippen LogP contribution in [0.1, 0.15) is 26.7 Å². The average Bonchev–Trinajstić information content (AvgIpc) is 2.51. The second kappa shape index (κ2) is 4.92. The van der Waals surface area contributed by atoms with E-state index in [1.165, 1.54) is 0 Å². The molecule has 4 N–H and O–H groups in total. The SMILES string of the molecule is CC(O)CC(C)NC(=O)C1(N)CCOC1. The molecule has 1 saturated heterocycles. The molecule has 1 heterocycles. The van der Waals surface area contributed by atoms with Crippen LogP contribution in [0.3, 0.4) is 0 Å². The predicted molar refractivity (Wildman–Crippen MR) is 56.3 cm³/mol. The topological polar surface area (TPSA) is 84.6 Å². The molecule has 0 aromatic heterocycles. The summed E-state index contributed by atoms with van der Waals surface area (Å²) in [4.78, 5) is 11.8. The lowest BCUT2D eigenvalue weighted by molar-refractivity contribution is -0.127. The monoisotopic (exact) mass is 216 g/mol. The largest absolute Gasteiger partial charge is 0.393 e. The number of carbonyl (C=O) groups is 1. The van der Waals surface area contributed by atoms with Crippen LogP contribution in [0.15, 0.2) is 0 Å². The zero-order valence-electron chi connectivity index (χ0n) is 9.32. The summed E-state index contributed by atoms with van der Waals surface area (Å²) < 4.78 is 5.11. The molecular formula is C10H20N2O3. The predicted octanol–water partition coefficient (Wildman–Crippen LogP) is -0.620. The molecule has 0 aliphatic carbocycles. The van der Waals surface area contributed by atoms with Crippen LogP contribution in [0, 0.1) is 0 Å². The van der Waals surface area contributed by atoms with E-state index in [0.717, 1.165) is 0 Å². The third kappa shape index (κ3) is 3.44. The van der Waals surface area contributed by atoms with Crippen LogP contribution < -0.4 is 11.1 Å². The second-order valence-electron chi connectivity index (χ2n) is 4.42. The van der Waals surface area contributed by atoms with Crippen molar-refractivity contribution in [3.63, 3.8) is 0 Å². The van der Waals surface area contributed by atoms with E-state index in [0.29, 0.717) is 19.4 Å². The molecule has 1 aliphatic heterocycles. The first kappa shape index (κ1) is 12.4. The Kier molecular flexibility index (Phi) is 4.07. The fourth-order valence-corrected chi connectivity index (χ4v) is 1.70. The minimum Gasteiger partial charge on any atom is -0.393 e. The van der Waals surface area contributed by atoms with Crippen molar-refractivity contribution in [1.29, 1.82) is 0 Å². The van der Waals surface area contributed by atoms with Crippen LogP contribution in [0.4, 0.5) is 0 Å². The molecule has 1 fully saturated rings. The van der Waals surface area contributed by atoms with Gasteiger partial charge in [-0.3, -0.25) is 4.79 Å². The maximum Gasteiger partial charge on any atom is 0.242 e. The first-order valence-electron chi connectivity index (χ1n) is 5.30. The van der Waals surface area contributed by atoms with Gasteiger partial charge in [-0.25, -0.2) is 0 Å². The Morgan fingerprint density at radius 1 is 1.67 bits per heavy atom. The number of aliphatic hydroxyl groups excluding tert-OH is 1. The lowest BCUT2D eigenvalue weighted by atomic mass is 9.98. The summed E-state index contributed by atoms with van der Waals surface area (Å²) in [5.41, 5.74) is 5.00. The molecule has 3 atom stereocenters. The van der Waals surface area contributed by atoms with E-state index >= 15 is 0 Å². The van der Waals surface area contributed by atoms with Crippen LogP contribution in [0.2, 0.25) is 0 Å². The number of ether oxygens (including phenoxy) is 1. The molecule has 0 spiro atoms. The number of nitrogens with one attached hydrogen (secondary N) is 1. The van der Waals surface area contributed by atoms with E-state index in [1.54, 1.807) is 6.92 Å². The summed E-state index contributed by atoms with van der Waals surface area (Å²) in [6, 6.07) is -0.0708. The van der Waals surface area contributed by atoms with E-state index < -0.39 is 11.6 Å². The van der Waals surface area contributed by atoms with Crippen molar-refractivity contribution in [2.24, 2.45) is 5.73 Å². The molecule has 0 saturated carbocycles. The molecule has 0 aromatic rings. The third-order valence-electron chi connectivity index (χ3n) is 2.58. The van der Waals surface area contributed by atoms with E-state index in [9.17, 15) is 4.79 Å². The van der Waals surface area contributed by atoms with Gasteiger partial charge in [0.25, 0.3) is 0 Å². The highest BCUT2D eigenvalue weighted by Crippen LogP contribution is 2.15. The van der Waals surface area contributed by atoms with Gasteiger partial charge in [0.15, 0.2) is 0 Å². The Labute approximate surface area is 90.0 Å². The number of amides is 1. The van der Waals surface area contributed by atoms with E-state index in [-0.39, 0.29) is 18.6 Å². The molecule has 88 valence electrons. The maximum atomic E-state index is 11.8. The Morgan fingerprint density at radius 3 is 2.80 bits per heavy atom. The number of rotatable bonds is 4. The summed E-state index contributed by atoms with van der Waals surface area (Å²) in [6.07, 6.45) is 0.664. The fraction of sp³-hybridized carbons (Fsp3) is 0.900. The summed E-state index contributed by atoms with van der Waals surface area (Å²) >= 11 is 0. The number of nitrogens with two attached hydrogens (primary N) is 1. The molecular weight excluding hydrogens is 196 g/mol. The van der Waals surface area contributed by atoms with Gasteiger partial charge in [-0.2, -0.15) is 0 Å². The summed E-state index contributed by atoms with van der Waals surface area (Å²) in [5, 5.41) is 11.9. The van der Waals surface area contributed by atoms with Crippen LogP contribution >= 0.6 is 0 Å². The molecule has 3 unspecified atom stereocenters. The number of hydrogen-bond acceptors (Lipinski definition) is 4. The number of carbonyl (C=O) groups excluding carboxylic acids is 1. The highest BCUT2D eigenvalue weighted by molar-refractivity contribution is 5.86. The highest BCUT2D eigenvalue weighted by atomic mass is 16.5. The van der Waals surface area contributed by atoms with Crippen molar-refractivity contribution in [2.45, 2.75) is 44.4 Å². The van der Waals surface area contributed by atoms with Gasteiger partial charge >= 0.3 is 0 Å². The fourth-order valence-electron chi connectivity index (χ4n) is 1.70. The Bertz CT molecular complexity index is 225. The van der Waals surface area contributed by atoms with Gasteiger partial charge in [0.05, 0.1) is 12.7 Å². The van der Waals surface area contributed by atoms with Crippen molar-refractivity contribution < 1.29 is 14.6 Å². The number of aliphatic hydroxyl groups is 1. The third-order valence-corrected chi connectivity index (χ3v) is 2.58. The van der Waals surface area contributed by atoms with Crippen LogP contribution in [-0.4, -0.2) is 41.9 Å². The second-order valence-corrected chi connectivity index (χ2v) is 4.42. The van der Waals surface area contributed by atoms with Crippen molar-refractivity contribution in [3.8, 4) is 0 Å².